The Bertz CT molecular complexity index is 316. The average molecular weight is 246 g/mol. The fraction of sp³-hybridized carbons (Fsp3) is 0.500. The Kier molecular flexibility index (Phi) is 6.93. The van der Waals surface area contributed by atoms with E-state index in [9.17, 15) is 0 Å². The van der Waals surface area contributed by atoms with Crippen molar-refractivity contribution in [1.82, 2.24) is 0 Å². The van der Waals surface area contributed by atoms with Crippen LogP contribution in [0.2, 0.25) is 0 Å². The van der Waals surface area contributed by atoms with Gasteiger partial charge in [0.05, 0.1) is 13.7 Å². The van der Waals surface area contributed by atoms with Gasteiger partial charge in [0.15, 0.2) is 11.5 Å². The molecule has 0 saturated carbocycles. The number of halogens is 1. The van der Waals surface area contributed by atoms with Crippen LogP contribution in [-0.4, -0.2) is 13.7 Å². The number of hydrogen-bond acceptors (Lipinski definition) is 3. The fourth-order valence-electron chi connectivity index (χ4n) is 1.21. The quantitative estimate of drug-likeness (QED) is 0.867. The van der Waals surface area contributed by atoms with Crippen LogP contribution in [0.25, 0.3) is 0 Å². The van der Waals surface area contributed by atoms with Gasteiger partial charge in [0.25, 0.3) is 0 Å². The van der Waals surface area contributed by atoms with E-state index < -0.39 is 0 Å². The number of hydrogen-bond donors (Lipinski definition) is 1. The number of rotatable bonds is 5. The van der Waals surface area contributed by atoms with Gasteiger partial charge in [0, 0.05) is 6.54 Å². The standard InChI is InChI=1S/C12H19NO2.ClH/c1-9(2)8-15-11-5-4-10(7-13)6-12(11)14-3;/h4-6,9H,7-8,13H2,1-3H3;1H. The molecule has 4 heteroatoms. The van der Waals surface area contributed by atoms with E-state index in [1.807, 2.05) is 18.2 Å². The molecular weight excluding hydrogens is 226 g/mol. The molecule has 2 N–H and O–H groups in total. The molecule has 0 spiro atoms. The summed E-state index contributed by atoms with van der Waals surface area (Å²) < 4.78 is 10.9. The summed E-state index contributed by atoms with van der Waals surface area (Å²) in [7, 11) is 1.64. The summed E-state index contributed by atoms with van der Waals surface area (Å²) in [5, 5.41) is 0. The highest BCUT2D eigenvalue weighted by molar-refractivity contribution is 5.85. The lowest BCUT2D eigenvalue weighted by Gasteiger charge is -2.13. The van der Waals surface area contributed by atoms with E-state index in [1.54, 1.807) is 7.11 Å². The Balaban J connectivity index is 0.00000225. The predicted octanol–water partition coefficient (Wildman–Crippen LogP) is 2.61. The molecule has 92 valence electrons. The maximum absolute atomic E-state index is 5.62. The van der Waals surface area contributed by atoms with Gasteiger partial charge in [0.1, 0.15) is 0 Å². The van der Waals surface area contributed by atoms with E-state index in [0.29, 0.717) is 19.1 Å². The van der Waals surface area contributed by atoms with Gasteiger partial charge in [-0.15, -0.1) is 12.4 Å². The number of benzene rings is 1. The zero-order valence-electron chi connectivity index (χ0n) is 10.0. The van der Waals surface area contributed by atoms with Crippen molar-refractivity contribution >= 4 is 12.4 Å². The summed E-state index contributed by atoms with van der Waals surface area (Å²) in [6, 6.07) is 5.78. The van der Waals surface area contributed by atoms with E-state index in [1.165, 1.54) is 0 Å². The van der Waals surface area contributed by atoms with E-state index in [0.717, 1.165) is 17.1 Å². The minimum absolute atomic E-state index is 0. The van der Waals surface area contributed by atoms with Gasteiger partial charge in [-0.3, -0.25) is 0 Å². The van der Waals surface area contributed by atoms with E-state index >= 15 is 0 Å². The van der Waals surface area contributed by atoms with Crippen LogP contribution in [0.1, 0.15) is 19.4 Å². The average Bonchev–Trinajstić information content (AvgIpc) is 2.25. The van der Waals surface area contributed by atoms with Crippen LogP contribution in [0.5, 0.6) is 11.5 Å². The van der Waals surface area contributed by atoms with Crippen molar-refractivity contribution in [2.24, 2.45) is 11.7 Å². The summed E-state index contributed by atoms with van der Waals surface area (Å²) in [5.74, 6) is 2.03. The lowest BCUT2D eigenvalue weighted by Crippen LogP contribution is -2.06. The van der Waals surface area contributed by atoms with Crippen LogP contribution in [0.15, 0.2) is 18.2 Å². The summed E-state index contributed by atoms with van der Waals surface area (Å²) in [4.78, 5) is 0. The van der Waals surface area contributed by atoms with Gasteiger partial charge >= 0.3 is 0 Å². The molecule has 0 fully saturated rings. The molecule has 0 unspecified atom stereocenters. The molecule has 0 saturated heterocycles. The predicted molar refractivity (Wildman–Crippen MR) is 68.5 cm³/mol. The van der Waals surface area contributed by atoms with Crippen LogP contribution >= 0.6 is 12.4 Å². The van der Waals surface area contributed by atoms with Crippen molar-refractivity contribution in [2.75, 3.05) is 13.7 Å². The monoisotopic (exact) mass is 245 g/mol. The Hall–Kier alpha value is -0.930. The summed E-state index contributed by atoms with van der Waals surface area (Å²) in [6.45, 7) is 5.43. The first-order valence-electron chi connectivity index (χ1n) is 5.17. The van der Waals surface area contributed by atoms with Crippen molar-refractivity contribution in [3.8, 4) is 11.5 Å². The van der Waals surface area contributed by atoms with Gasteiger partial charge in [0.2, 0.25) is 0 Å². The minimum atomic E-state index is 0. The van der Waals surface area contributed by atoms with Crippen LogP contribution in [-0.2, 0) is 6.54 Å². The molecule has 3 nitrogen and oxygen atoms in total. The Morgan fingerprint density at radius 2 is 1.94 bits per heavy atom. The Labute approximate surface area is 103 Å². The molecule has 0 radical (unpaired) electrons. The molecule has 1 aromatic rings. The molecule has 1 rings (SSSR count). The number of ether oxygens (including phenoxy) is 2. The second-order valence-corrected chi connectivity index (χ2v) is 3.89. The van der Waals surface area contributed by atoms with Gasteiger partial charge in [-0.25, -0.2) is 0 Å². The molecule has 0 aliphatic carbocycles. The molecule has 0 aliphatic heterocycles. The normalized spacial score (nSPS) is 9.81. The first-order chi connectivity index (χ1) is 7.17. The Morgan fingerprint density at radius 1 is 1.25 bits per heavy atom. The molecule has 0 atom stereocenters. The molecular formula is C12H20ClNO2. The van der Waals surface area contributed by atoms with Gasteiger partial charge in [-0.05, 0) is 23.6 Å². The van der Waals surface area contributed by atoms with Crippen LogP contribution in [0, 0.1) is 5.92 Å². The molecule has 0 bridgehead atoms. The lowest BCUT2D eigenvalue weighted by atomic mass is 10.2. The van der Waals surface area contributed by atoms with Gasteiger partial charge in [-0.1, -0.05) is 19.9 Å². The summed E-state index contributed by atoms with van der Waals surface area (Å²) >= 11 is 0. The van der Waals surface area contributed by atoms with Crippen molar-refractivity contribution in [2.45, 2.75) is 20.4 Å². The molecule has 0 aliphatic rings. The lowest BCUT2D eigenvalue weighted by molar-refractivity contribution is 0.257. The highest BCUT2D eigenvalue weighted by Gasteiger charge is 2.05. The van der Waals surface area contributed by atoms with Crippen molar-refractivity contribution in [3.63, 3.8) is 0 Å². The van der Waals surface area contributed by atoms with Gasteiger partial charge < -0.3 is 15.2 Å². The third kappa shape index (κ3) is 4.29. The maximum atomic E-state index is 5.62. The first kappa shape index (κ1) is 15.1. The minimum Gasteiger partial charge on any atom is -0.493 e. The topological polar surface area (TPSA) is 44.5 Å². The van der Waals surface area contributed by atoms with E-state index in [4.69, 9.17) is 15.2 Å². The van der Waals surface area contributed by atoms with E-state index in [-0.39, 0.29) is 12.4 Å². The first-order valence-corrected chi connectivity index (χ1v) is 5.17. The zero-order chi connectivity index (χ0) is 11.3. The molecule has 16 heavy (non-hydrogen) atoms. The second-order valence-electron chi connectivity index (χ2n) is 3.89. The van der Waals surface area contributed by atoms with Crippen molar-refractivity contribution in [3.05, 3.63) is 23.8 Å². The highest BCUT2D eigenvalue weighted by atomic mass is 35.5. The maximum Gasteiger partial charge on any atom is 0.161 e. The second kappa shape index (κ2) is 7.36. The van der Waals surface area contributed by atoms with Crippen molar-refractivity contribution < 1.29 is 9.47 Å². The molecule has 0 amide bonds. The van der Waals surface area contributed by atoms with E-state index in [2.05, 4.69) is 13.8 Å². The largest absolute Gasteiger partial charge is 0.493 e. The SMILES string of the molecule is COc1cc(CN)ccc1OCC(C)C.Cl. The van der Waals surface area contributed by atoms with Crippen LogP contribution in [0.3, 0.4) is 0 Å². The summed E-state index contributed by atoms with van der Waals surface area (Å²) in [5.41, 5.74) is 6.59. The molecule has 0 heterocycles. The van der Waals surface area contributed by atoms with Crippen LogP contribution in [0.4, 0.5) is 0 Å². The number of methoxy groups -OCH3 is 1. The number of nitrogens with two attached hydrogens (primary N) is 1. The highest BCUT2D eigenvalue weighted by Crippen LogP contribution is 2.28. The molecule has 0 aromatic heterocycles. The molecule has 1 aromatic carbocycles. The third-order valence-electron chi connectivity index (χ3n) is 2.04. The van der Waals surface area contributed by atoms with Crippen LogP contribution < -0.4 is 15.2 Å². The fourth-order valence-corrected chi connectivity index (χ4v) is 1.21. The Morgan fingerprint density at radius 3 is 2.44 bits per heavy atom. The third-order valence-corrected chi connectivity index (χ3v) is 2.04. The van der Waals surface area contributed by atoms with Crippen molar-refractivity contribution in [1.29, 1.82) is 0 Å². The zero-order valence-corrected chi connectivity index (χ0v) is 10.8. The van der Waals surface area contributed by atoms with Gasteiger partial charge in [-0.2, -0.15) is 0 Å². The summed E-state index contributed by atoms with van der Waals surface area (Å²) in [6.07, 6.45) is 0. The smallest absolute Gasteiger partial charge is 0.161 e.